The maximum atomic E-state index is 12.3. The number of thiophene rings is 1. The lowest BCUT2D eigenvalue weighted by molar-refractivity contribution is -0.0379. The van der Waals surface area contributed by atoms with Crippen molar-refractivity contribution in [3.63, 3.8) is 0 Å². The van der Waals surface area contributed by atoms with E-state index in [2.05, 4.69) is 26.6 Å². The van der Waals surface area contributed by atoms with E-state index in [1.54, 1.807) is 26.8 Å². The number of nitrogens with one attached hydrogen (secondary N) is 2. The van der Waals surface area contributed by atoms with Crippen LogP contribution in [-0.2, 0) is 14.2 Å². The zero-order valence-corrected chi connectivity index (χ0v) is 15.5. The van der Waals surface area contributed by atoms with Crippen molar-refractivity contribution in [3.05, 3.63) is 15.4 Å². The standard InChI is InChI=1S/C14H19BrN2O5S/c1-14(2,3)22-13(19)17-12-8(6-9(15)23-12)11(18)16-7-10-20-4-5-21-10/h6,10H,4-5,7H2,1-3H3,(H,16,18)(H,17,19). The first-order valence-electron chi connectivity index (χ1n) is 7.05. The van der Waals surface area contributed by atoms with E-state index >= 15 is 0 Å². The first-order chi connectivity index (χ1) is 10.7. The second kappa shape index (κ2) is 7.61. The molecule has 1 aliphatic rings. The van der Waals surface area contributed by atoms with Gasteiger partial charge in [0.05, 0.1) is 29.1 Å². The lowest BCUT2D eigenvalue weighted by Gasteiger charge is -2.19. The topological polar surface area (TPSA) is 85.9 Å². The summed E-state index contributed by atoms with van der Waals surface area (Å²) >= 11 is 4.55. The first kappa shape index (κ1) is 18.2. The molecule has 1 aromatic heterocycles. The number of carbonyl (C=O) groups is 2. The molecule has 1 aromatic rings. The molecule has 1 fully saturated rings. The highest BCUT2D eigenvalue weighted by Crippen LogP contribution is 2.32. The van der Waals surface area contributed by atoms with E-state index in [4.69, 9.17) is 14.2 Å². The minimum atomic E-state index is -0.613. The van der Waals surface area contributed by atoms with E-state index in [0.717, 1.165) is 3.79 Å². The maximum Gasteiger partial charge on any atom is 0.412 e. The molecule has 2 heterocycles. The zero-order chi connectivity index (χ0) is 17.0. The van der Waals surface area contributed by atoms with Crippen LogP contribution in [0.25, 0.3) is 0 Å². The average molecular weight is 407 g/mol. The largest absolute Gasteiger partial charge is 0.444 e. The third-order valence-corrected chi connectivity index (χ3v) is 4.23. The average Bonchev–Trinajstić information content (AvgIpc) is 3.03. The van der Waals surface area contributed by atoms with Gasteiger partial charge < -0.3 is 19.5 Å². The van der Waals surface area contributed by atoms with Crippen molar-refractivity contribution in [1.29, 1.82) is 0 Å². The molecule has 9 heteroatoms. The van der Waals surface area contributed by atoms with E-state index in [-0.39, 0.29) is 12.5 Å². The van der Waals surface area contributed by atoms with Crippen molar-refractivity contribution < 1.29 is 23.8 Å². The summed E-state index contributed by atoms with van der Waals surface area (Å²) in [5.74, 6) is -0.322. The number of ether oxygens (including phenoxy) is 3. The van der Waals surface area contributed by atoms with Crippen LogP contribution in [0.3, 0.4) is 0 Å². The lowest BCUT2D eigenvalue weighted by atomic mass is 10.2. The molecule has 0 spiro atoms. The van der Waals surface area contributed by atoms with Crippen molar-refractivity contribution in [2.45, 2.75) is 32.7 Å². The van der Waals surface area contributed by atoms with Gasteiger partial charge in [-0.15, -0.1) is 11.3 Å². The number of anilines is 1. The second-order valence-corrected chi connectivity index (χ2v) is 8.23. The first-order valence-corrected chi connectivity index (χ1v) is 8.66. The lowest BCUT2D eigenvalue weighted by Crippen LogP contribution is -2.33. The van der Waals surface area contributed by atoms with Gasteiger partial charge in [0.25, 0.3) is 5.91 Å². The van der Waals surface area contributed by atoms with Crippen molar-refractivity contribution in [2.24, 2.45) is 0 Å². The Morgan fingerprint density at radius 1 is 1.39 bits per heavy atom. The van der Waals surface area contributed by atoms with Crippen LogP contribution in [0.4, 0.5) is 9.80 Å². The number of rotatable bonds is 4. The van der Waals surface area contributed by atoms with Crippen LogP contribution in [0.1, 0.15) is 31.1 Å². The minimum absolute atomic E-state index is 0.248. The molecule has 0 bridgehead atoms. The molecule has 2 rings (SSSR count). The van der Waals surface area contributed by atoms with Crippen molar-refractivity contribution in [1.82, 2.24) is 5.32 Å². The molecule has 23 heavy (non-hydrogen) atoms. The summed E-state index contributed by atoms with van der Waals surface area (Å²) in [5.41, 5.74) is -0.260. The Balaban J connectivity index is 1.98. The molecule has 7 nitrogen and oxygen atoms in total. The fourth-order valence-corrected chi connectivity index (χ4v) is 3.30. The number of amides is 2. The molecule has 1 aliphatic heterocycles. The minimum Gasteiger partial charge on any atom is -0.444 e. The van der Waals surface area contributed by atoms with Crippen molar-refractivity contribution >= 4 is 44.3 Å². The monoisotopic (exact) mass is 406 g/mol. The summed E-state index contributed by atoms with van der Waals surface area (Å²) in [6.45, 7) is 6.61. The molecule has 128 valence electrons. The highest BCUT2D eigenvalue weighted by Gasteiger charge is 2.22. The van der Waals surface area contributed by atoms with Gasteiger partial charge in [0.15, 0.2) is 6.29 Å². The number of hydrogen-bond donors (Lipinski definition) is 2. The molecule has 0 saturated carbocycles. The summed E-state index contributed by atoms with van der Waals surface area (Å²) < 4.78 is 16.4. The molecule has 0 aliphatic carbocycles. The Hall–Kier alpha value is -1.16. The molecule has 0 radical (unpaired) electrons. The fourth-order valence-electron chi connectivity index (χ4n) is 1.82. The quantitative estimate of drug-likeness (QED) is 0.802. The summed E-state index contributed by atoms with van der Waals surface area (Å²) in [6.07, 6.45) is -1.04. The van der Waals surface area contributed by atoms with Crippen LogP contribution in [0.2, 0.25) is 0 Å². The van der Waals surface area contributed by atoms with Crippen LogP contribution in [0, 0.1) is 0 Å². The van der Waals surface area contributed by atoms with Crippen molar-refractivity contribution in [2.75, 3.05) is 25.1 Å². The molecule has 1 saturated heterocycles. The van der Waals surface area contributed by atoms with Crippen LogP contribution < -0.4 is 10.6 Å². The number of halogens is 1. The smallest absolute Gasteiger partial charge is 0.412 e. The van der Waals surface area contributed by atoms with E-state index in [9.17, 15) is 9.59 Å². The predicted octanol–water partition coefficient (Wildman–Crippen LogP) is 2.96. The van der Waals surface area contributed by atoms with Gasteiger partial charge in [0.2, 0.25) is 0 Å². The van der Waals surface area contributed by atoms with Crippen LogP contribution in [0.15, 0.2) is 9.85 Å². The van der Waals surface area contributed by atoms with Crippen molar-refractivity contribution in [3.8, 4) is 0 Å². The van der Waals surface area contributed by atoms with Gasteiger partial charge in [-0.05, 0) is 42.8 Å². The summed E-state index contributed by atoms with van der Waals surface area (Å²) in [6, 6.07) is 1.64. The summed E-state index contributed by atoms with van der Waals surface area (Å²) in [5, 5.41) is 5.74. The Morgan fingerprint density at radius 2 is 2.04 bits per heavy atom. The van der Waals surface area contributed by atoms with Gasteiger partial charge in [0.1, 0.15) is 10.6 Å². The van der Waals surface area contributed by atoms with Crippen LogP contribution in [-0.4, -0.2) is 43.7 Å². The Morgan fingerprint density at radius 3 is 2.65 bits per heavy atom. The molecule has 0 aromatic carbocycles. The normalized spacial score (nSPS) is 15.5. The van der Waals surface area contributed by atoms with Gasteiger partial charge in [-0.1, -0.05) is 0 Å². The van der Waals surface area contributed by atoms with Gasteiger partial charge in [-0.2, -0.15) is 0 Å². The molecule has 2 N–H and O–H groups in total. The predicted molar refractivity (Wildman–Crippen MR) is 89.9 cm³/mol. The highest BCUT2D eigenvalue weighted by atomic mass is 79.9. The third kappa shape index (κ3) is 5.76. The van der Waals surface area contributed by atoms with E-state index in [0.29, 0.717) is 23.8 Å². The Bertz CT molecular complexity index is 578. The van der Waals surface area contributed by atoms with E-state index < -0.39 is 18.0 Å². The third-order valence-electron chi connectivity index (χ3n) is 2.68. The van der Waals surface area contributed by atoms with Crippen LogP contribution in [0.5, 0.6) is 0 Å². The van der Waals surface area contributed by atoms with Gasteiger partial charge in [0, 0.05) is 0 Å². The van der Waals surface area contributed by atoms with Gasteiger partial charge >= 0.3 is 6.09 Å². The zero-order valence-electron chi connectivity index (χ0n) is 13.1. The molecule has 0 atom stereocenters. The molecular formula is C14H19BrN2O5S. The van der Waals surface area contributed by atoms with Crippen LogP contribution >= 0.6 is 27.3 Å². The highest BCUT2D eigenvalue weighted by molar-refractivity contribution is 9.11. The second-order valence-electron chi connectivity index (χ2n) is 5.80. The molecular weight excluding hydrogens is 388 g/mol. The van der Waals surface area contributed by atoms with Gasteiger partial charge in [-0.3, -0.25) is 10.1 Å². The van der Waals surface area contributed by atoms with E-state index in [1.165, 1.54) is 11.3 Å². The number of hydrogen-bond acceptors (Lipinski definition) is 6. The fraction of sp³-hybridized carbons (Fsp3) is 0.571. The Kier molecular flexibility index (Phi) is 6.01. The van der Waals surface area contributed by atoms with Gasteiger partial charge in [-0.25, -0.2) is 4.79 Å². The molecule has 2 amide bonds. The SMILES string of the molecule is CC(C)(C)OC(=O)Nc1sc(Br)cc1C(=O)NCC1OCCO1. The summed E-state index contributed by atoms with van der Waals surface area (Å²) in [4.78, 5) is 24.1. The maximum absolute atomic E-state index is 12.3. The molecule has 0 unspecified atom stereocenters. The summed E-state index contributed by atoms with van der Waals surface area (Å²) in [7, 11) is 0. The Labute approximate surface area is 146 Å². The van der Waals surface area contributed by atoms with E-state index in [1.807, 2.05) is 0 Å². The number of carbonyl (C=O) groups excluding carboxylic acids is 2.